The van der Waals surface area contributed by atoms with Gasteiger partial charge in [-0.1, -0.05) is 75.7 Å². The summed E-state index contributed by atoms with van der Waals surface area (Å²) >= 11 is 0. The molecular weight excluding hydrogens is 398 g/mol. The van der Waals surface area contributed by atoms with Crippen molar-refractivity contribution in [3.8, 4) is 0 Å². The number of aromatic nitrogens is 6. The van der Waals surface area contributed by atoms with Crippen LogP contribution in [-0.4, -0.2) is 39.0 Å². The molecule has 137 valence electrons. The standard InChI is InChI=1S/3C5H7N2.B.2ClH.Cr/c3*1-4-3-5(2)7-6-4;;;;/h3*3H,1-2H3;;2*1H;/q4*-1;;;+3/p-2. The third kappa shape index (κ3) is 14.8. The predicted octanol–water partition coefficient (Wildman–Crippen LogP) is -3.94. The van der Waals surface area contributed by atoms with E-state index in [1.807, 2.05) is 59.7 Å². The normalized spacial score (nSPS) is 7.92. The summed E-state index contributed by atoms with van der Waals surface area (Å²) in [7, 11) is 0. The molecule has 0 N–H and O–H groups in total. The van der Waals surface area contributed by atoms with Gasteiger partial charge in [-0.2, -0.15) is 18.2 Å². The van der Waals surface area contributed by atoms with Gasteiger partial charge in [-0.15, -0.1) is 0 Å². The molecule has 3 aromatic rings. The zero-order chi connectivity index (χ0) is 15.8. The van der Waals surface area contributed by atoms with Crippen LogP contribution in [0.5, 0.6) is 0 Å². The SMILES string of the molecule is Cc1c[c-](C)nn1.Cc1c[c-](C)nn1.Cc1c[c-](C)nn1.[B-].[Cl-].[Cl-].[Cr+3]. The first-order valence-electron chi connectivity index (χ1n) is 6.67. The van der Waals surface area contributed by atoms with E-state index in [4.69, 9.17) is 0 Å². The molecule has 3 heterocycles. The molecule has 0 aliphatic rings. The number of hydrogen-bond donors (Lipinski definition) is 0. The Hall–Kier alpha value is -1.19. The Morgan fingerprint density at radius 1 is 0.600 bits per heavy atom. The summed E-state index contributed by atoms with van der Waals surface area (Å²) in [5, 5.41) is 22.6. The largest absolute Gasteiger partial charge is 3.00 e. The van der Waals surface area contributed by atoms with Gasteiger partial charge in [-0.05, 0) is 0 Å². The van der Waals surface area contributed by atoms with E-state index in [1.165, 1.54) is 0 Å². The van der Waals surface area contributed by atoms with Gasteiger partial charge in [0.25, 0.3) is 0 Å². The maximum absolute atomic E-state index is 3.77. The topological polar surface area (TPSA) is 77.3 Å². The molecule has 0 aliphatic heterocycles. The van der Waals surface area contributed by atoms with Gasteiger partial charge in [-0.3, -0.25) is 30.6 Å². The van der Waals surface area contributed by atoms with Crippen molar-refractivity contribution in [1.82, 2.24) is 30.6 Å². The summed E-state index contributed by atoms with van der Waals surface area (Å²) in [5.74, 6) is 0. The Morgan fingerprint density at radius 2 is 0.800 bits per heavy atom. The third-order valence-corrected chi connectivity index (χ3v) is 2.35. The van der Waals surface area contributed by atoms with Crippen LogP contribution in [0.15, 0.2) is 18.2 Å². The van der Waals surface area contributed by atoms with Crippen molar-refractivity contribution in [2.24, 2.45) is 0 Å². The van der Waals surface area contributed by atoms with Crippen LogP contribution in [-0.2, 0) is 17.4 Å². The van der Waals surface area contributed by atoms with Gasteiger partial charge in [0.15, 0.2) is 0 Å². The molecule has 0 fully saturated rings. The van der Waals surface area contributed by atoms with E-state index in [-0.39, 0.29) is 50.6 Å². The summed E-state index contributed by atoms with van der Waals surface area (Å²) in [6, 6.07) is 5.83. The van der Waals surface area contributed by atoms with Gasteiger partial charge >= 0.3 is 17.4 Å². The summed E-state index contributed by atoms with van der Waals surface area (Å²) in [6.07, 6.45) is 0. The average molecular weight is 419 g/mol. The maximum Gasteiger partial charge on any atom is 3.00 e. The summed E-state index contributed by atoms with van der Waals surface area (Å²) < 4.78 is 0. The minimum atomic E-state index is 0. The van der Waals surface area contributed by atoms with Gasteiger partial charge in [0.2, 0.25) is 0 Å². The fourth-order valence-corrected chi connectivity index (χ4v) is 1.55. The van der Waals surface area contributed by atoms with Crippen LogP contribution in [0.4, 0.5) is 0 Å². The van der Waals surface area contributed by atoms with Crippen molar-refractivity contribution in [1.29, 1.82) is 0 Å². The van der Waals surface area contributed by atoms with Crippen molar-refractivity contribution in [2.45, 2.75) is 41.5 Å². The van der Waals surface area contributed by atoms with Crippen LogP contribution in [0.25, 0.3) is 0 Å². The van der Waals surface area contributed by atoms with Crippen LogP contribution >= 0.6 is 0 Å². The molecule has 0 aliphatic carbocycles. The molecule has 0 atom stereocenters. The Labute approximate surface area is 174 Å². The first-order valence-corrected chi connectivity index (χ1v) is 6.67. The molecule has 6 nitrogen and oxygen atoms in total. The Bertz CT molecular complexity index is 528. The second-order valence-corrected chi connectivity index (χ2v) is 4.88. The number of aryl methyl sites for hydroxylation is 6. The van der Waals surface area contributed by atoms with Gasteiger partial charge in [-0.25, -0.2) is 0 Å². The Kier molecular flexibility index (Phi) is 20.6. The molecule has 0 unspecified atom stereocenters. The van der Waals surface area contributed by atoms with Gasteiger partial charge in [0.05, 0.1) is 0 Å². The van der Waals surface area contributed by atoms with Crippen molar-refractivity contribution in [2.75, 3.05) is 0 Å². The summed E-state index contributed by atoms with van der Waals surface area (Å²) in [4.78, 5) is 0. The predicted molar refractivity (Wildman–Crippen MR) is 87.1 cm³/mol. The fraction of sp³-hybridized carbons (Fsp3) is 0.400. The van der Waals surface area contributed by atoms with E-state index in [2.05, 4.69) is 30.6 Å². The van der Waals surface area contributed by atoms with E-state index >= 15 is 0 Å². The monoisotopic (exact) mass is 418 g/mol. The second kappa shape index (κ2) is 16.3. The molecule has 0 bridgehead atoms. The second-order valence-electron chi connectivity index (χ2n) is 4.88. The van der Waals surface area contributed by atoms with Crippen molar-refractivity contribution in [3.05, 3.63) is 52.4 Å². The fourth-order valence-electron chi connectivity index (χ4n) is 1.55. The zero-order valence-electron chi connectivity index (χ0n) is 15.2. The van der Waals surface area contributed by atoms with Crippen LogP contribution in [0.2, 0.25) is 0 Å². The van der Waals surface area contributed by atoms with E-state index in [0.29, 0.717) is 0 Å². The number of halogens is 2. The zero-order valence-corrected chi connectivity index (χ0v) is 17.9. The smallest absolute Gasteiger partial charge is 1.00 e. The third-order valence-electron chi connectivity index (χ3n) is 2.35. The van der Waals surface area contributed by atoms with Crippen LogP contribution in [0.3, 0.4) is 0 Å². The van der Waals surface area contributed by atoms with Gasteiger partial charge in [0.1, 0.15) is 0 Å². The summed E-state index contributed by atoms with van der Waals surface area (Å²) in [5.41, 5.74) is 5.99. The molecule has 0 saturated carbocycles. The van der Waals surface area contributed by atoms with Crippen molar-refractivity contribution >= 4 is 8.41 Å². The molecule has 0 saturated heterocycles. The Balaban J connectivity index is -0.000000122. The molecule has 3 aromatic heterocycles. The van der Waals surface area contributed by atoms with E-state index in [1.54, 1.807) is 0 Å². The first kappa shape index (κ1) is 31.6. The van der Waals surface area contributed by atoms with E-state index < -0.39 is 0 Å². The van der Waals surface area contributed by atoms with E-state index in [9.17, 15) is 0 Å². The molecule has 25 heavy (non-hydrogen) atoms. The number of hydrogen-bond acceptors (Lipinski definition) is 6. The average Bonchev–Trinajstić information content (AvgIpc) is 3.06. The molecule has 10 heteroatoms. The molecule has 5 radical (unpaired) electrons. The number of nitrogens with zero attached hydrogens (tertiary/aromatic N) is 6. The van der Waals surface area contributed by atoms with Crippen LogP contribution in [0, 0.1) is 41.5 Å². The molecule has 0 aromatic carbocycles. The number of rotatable bonds is 0. The minimum Gasteiger partial charge on any atom is -1.00 e. The van der Waals surface area contributed by atoms with Crippen LogP contribution < -0.4 is 24.8 Å². The van der Waals surface area contributed by atoms with Gasteiger partial charge < -0.3 is 33.2 Å². The Morgan fingerprint density at radius 3 is 0.840 bits per heavy atom. The minimum absolute atomic E-state index is 0. The first-order chi connectivity index (χ1) is 9.86. The van der Waals surface area contributed by atoms with Crippen molar-refractivity contribution in [3.63, 3.8) is 0 Å². The van der Waals surface area contributed by atoms with Crippen LogP contribution in [0.1, 0.15) is 34.2 Å². The van der Waals surface area contributed by atoms with Crippen molar-refractivity contribution < 1.29 is 42.2 Å². The van der Waals surface area contributed by atoms with E-state index in [0.717, 1.165) is 34.2 Å². The molecule has 0 spiro atoms. The molecular formula is C15H21BCl2CrN6-3. The van der Waals surface area contributed by atoms with Gasteiger partial charge in [0, 0.05) is 0 Å². The summed E-state index contributed by atoms with van der Waals surface area (Å²) in [6.45, 7) is 11.6. The molecule has 3 rings (SSSR count). The molecule has 0 amide bonds. The maximum atomic E-state index is 3.77. The quantitative estimate of drug-likeness (QED) is 0.274.